The van der Waals surface area contributed by atoms with Gasteiger partial charge in [-0.05, 0) is 0 Å². The van der Waals surface area contributed by atoms with Crippen molar-refractivity contribution in [2.24, 2.45) is 0 Å². The number of ether oxygens (including phenoxy) is 1. The van der Waals surface area contributed by atoms with Crippen LogP contribution < -0.4 is 0 Å². The molecule has 1 aliphatic rings. The number of aliphatic hydroxyl groups excluding tert-OH is 4. The van der Waals surface area contributed by atoms with Crippen LogP contribution in [0.1, 0.15) is 0 Å². The number of halogens is 1. The Morgan fingerprint density at radius 3 is 2.25 bits per heavy atom. The molecule has 0 aromatic heterocycles. The lowest BCUT2D eigenvalue weighted by Gasteiger charge is -2.36. The maximum Gasteiger partial charge on any atom is 0.184 e. The van der Waals surface area contributed by atoms with Gasteiger partial charge in [0.1, 0.15) is 18.3 Å². The van der Waals surface area contributed by atoms with Gasteiger partial charge in [-0.1, -0.05) is 0 Å². The highest BCUT2D eigenvalue weighted by Crippen LogP contribution is 2.21. The van der Waals surface area contributed by atoms with Crippen LogP contribution in [0.5, 0.6) is 0 Å². The Morgan fingerprint density at radius 2 is 1.75 bits per heavy atom. The third-order valence-electron chi connectivity index (χ3n) is 1.82. The standard InChI is InChI=1S/C6H11FO5/c7-3-2(1-8)12-6(11)5(10)4(3)9/h2-6,8-11H,1H2/t2-,3-,4+,5-,6+/m1/s1. The van der Waals surface area contributed by atoms with Gasteiger partial charge in [-0.3, -0.25) is 0 Å². The highest BCUT2D eigenvalue weighted by atomic mass is 19.1. The lowest BCUT2D eigenvalue weighted by Crippen LogP contribution is -2.56. The number of aliphatic hydroxyl groups is 4. The Morgan fingerprint density at radius 1 is 1.17 bits per heavy atom. The Kier molecular flexibility index (Phi) is 2.97. The molecule has 0 radical (unpaired) electrons. The van der Waals surface area contributed by atoms with Crippen LogP contribution in [0.3, 0.4) is 0 Å². The number of hydrogen-bond acceptors (Lipinski definition) is 5. The molecule has 0 saturated carbocycles. The molecule has 0 amide bonds. The van der Waals surface area contributed by atoms with E-state index in [1.165, 1.54) is 0 Å². The molecule has 0 bridgehead atoms. The molecular weight excluding hydrogens is 171 g/mol. The van der Waals surface area contributed by atoms with Gasteiger partial charge in [0.15, 0.2) is 12.5 Å². The largest absolute Gasteiger partial charge is 0.394 e. The van der Waals surface area contributed by atoms with Gasteiger partial charge in [0.2, 0.25) is 0 Å². The molecule has 5 nitrogen and oxygen atoms in total. The van der Waals surface area contributed by atoms with Gasteiger partial charge in [-0.2, -0.15) is 0 Å². The normalized spacial score (nSPS) is 49.2. The monoisotopic (exact) mass is 182 g/mol. The SMILES string of the molecule is OC[C@H]1O[C@H](O)[C@H](O)[C@@H](O)[C@@H]1F. The summed E-state index contributed by atoms with van der Waals surface area (Å²) < 4.78 is 17.3. The van der Waals surface area contributed by atoms with Crippen molar-refractivity contribution in [1.29, 1.82) is 0 Å². The van der Waals surface area contributed by atoms with E-state index in [2.05, 4.69) is 4.74 Å². The third-order valence-corrected chi connectivity index (χ3v) is 1.82. The molecule has 6 heteroatoms. The number of hydrogen-bond donors (Lipinski definition) is 4. The Hall–Kier alpha value is -0.270. The molecule has 72 valence electrons. The Labute approximate surface area is 68.0 Å². The summed E-state index contributed by atoms with van der Waals surface area (Å²) >= 11 is 0. The second-order valence-electron chi connectivity index (χ2n) is 2.67. The highest BCUT2D eigenvalue weighted by Gasteiger charge is 2.43. The van der Waals surface area contributed by atoms with Gasteiger partial charge in [-0.25, -0.2) is 4.39 Å². The van der Waals surface area contributed by atoms with Crippen molar-refractivity contribution in [2.75, 3.05) is 6.61 Å². The van der Waals surface area contributed by atoms with E-state index in [9.17, 15) is 4.39 Å². The molecule has 0 aliphatic carbocycles. The predicted molar refractivity (Wildman–Crippen MR) is 34.9 cm³/mol. The van der Waals surface area contributed by atoms with E-state index in [0.29, 0.717) is 0 Å². The molecule has 0 spiro atoms. The van der Waals surface area contributed by atoms with Gasteiger partial charge in [-0.15, -0.1) is 0 Å². The van der Waals surface area contributed by atoms with E-state index in [1.54, 1.807) is 0 Å². The van der Waals surface area contributed by atoms with E-state index in [4.69, 9.17) is 20.4 Å². The van der Waals surface area contributed by atoms with Crippen LogP contribution in [0.15, 0.2) is 0 Å². The van der Waals surface area contributed by atoms with Gasteiger partial charge in [0.25, 0.3) is 0 Å². The zero-order valence-electron chi connectivity index (χ0n) is 6.17. The maximum atomic E-state index is 12.9. The fourth-order valence-electron chi connectivity index (χ4n) is 1.06. The fourth-order valence-corrected chi connectivity index (χ4v) is 1.06. The summed E-state index contributed by atoms with van der Waals surface area (Å²) in [5.74, 6) is 0. The molecule has 4 N–H and O–H groups in total. The Balaban J connectivity index is 2.63. The molecule has 1 saturated heterocycles. The summed E-state index contributed by atoms with van der Waals surface area (Å²) in [5.41, 5.74) is 0. The quantitative estimate of drug-likeness (QED) is 0.368. The van der Waals surface area contributed by atoms with Crippen molar-refractivity contribution in [3.8, 4) is 0 Å². The lowest BCUT2D eigenvalue weighted by molar-refractivity contribution is -0.274. The highest BCUT2D eigenvalue weighted by molar-refractivity contribution is 4.88. The molecule has 1 rings (SSSR count). The summed E-state index contributed by atoms with van der Waals surface area (Å²) in [6.45, 7) is -0.651. The van der Waals surface area contributed by atoms with Gasteiger partial charge >= 0.3 is 0 Å². The first-order chi connectivity index (χ1) is 5.57. The van der Waals surface area contributed by atoms with Crippen molar-refractivity contribution in [2.45, 2.75) is 30.8 Å². The Bertz CT molecular complexity index is 150. The van der Waals surface area contributed by atoms with E-state index >= 15 is 0 Å². The van der Waals surface area contributed by atoms with Crippen LogP contribution in [0, 0.1) is 0 Å². The molecule has 0 unspecified atom stereocenters. The zero-order valence-corrected chi connectivity index (χ0v) is 6.17. The first kappa shape index (κ1) is 9.82. The molecule has 0 aromatic carbocycles. The van der Waals surface area contributed by atoms with Gasteiger partial charge in [0.05, 0.1) is 6.61 Å². The van der Waals surface area contributed by atoms with Crippen molar-refractivity contribution in [3.63, 3.8) is 0 Å². The summed E-state index contributed by atoms with van der Waals surface area (Å²) in [6.07, 6.45) is -8.19. The summed E-state index contributed by atoms with van der Waals surface area (Å²) in [7, 11) is 0. The number of rotatable bonds is 1. The molecule has 12 heavy (non-hydrogen) atoms. The third kappa shape index (κ3) is 1.57. The van der Waals surface area contributed by atoms with E-state index in [0.717, 1.165) is 0 Å². The lowest BCUT2D eigenvalue weighted by atomic mass is 10.0. The van der Waals surface area contributed by atoms with Crippen LogP contribution >= 0.6 is 0 Å². The van der Waals surface area contributed by atoms with Gasteiger partial charge in [0, 0.05) is 0 Å². The fraction of sp³-hybridized carbons (Fsp3) is 1.00. The first-order valence-electron chi connectivity index (χ1n) is 3.52. The van der Waals surface area contributed by atoms with Crippen molar-refractivity contribution in [1.82, 2.24) is 0 Å². The van der Waals surface area contributed by atoms with E-state index in [-0.39, 0.29) is 0 Å². The molecule has 1 aliphatic heterocycles. The van der Waals surface area contributed by atoms with Crippen LogP contribution in [0.4, 0.5) is 4.39 Å². The van der Waals surface area contributed by atoms with Gasteiger partial charge < -0.3 is 25.2 Å². The second-order valence-corrected chi connectivity index (χ2v) is 2.67. The van der Waals surface area contributed by atoms with Crippen molar-refractivity contribution < 1.29 is 29.6 Å². The molecule has 0 aromatic rings. The maximum absolute atomic E-state index is 12.9. The van der Waals surface area contributed by atoms with Crippen LogP contribution in [0.2, 0.25) is 0 Å². The van der Waals surface area contributed by atoms with E-state index < -0.39 is 37.4 Å². The predicted octanol–water partition coefficient (Wildman–Crippen LogP) is -2.24. The summed E-state index contributed by atoms with van der Waals surface area (Å²) in [5, 5.41) is 35.2. The summed E-state index contributed by atoms with van der Waals surface area (Å²) in [4.78, 5) is 0. The van der Waals surface area contributed by atoms with Crippen molar-refractivity contribution >= 4 is 0 Å². The minimum Gasteiger partial charge on any atom is -0.394 e. The average molecular weight is 182 g/mol. The minimum absolute atomic E-state index is 0.651. The molecule has 5 atom stereocenters. The molecule has 1 heterocycles. The van der Waals surface area contributed by atoms with Crippen LogP contribution in [-0.2, 0) is 4.74 Å². The number of alkyl halides is 1. The first-order valence-corrected chi connectivity index (χ1v) is 3.52. The van der Waals surface area contributed by atoms with Crippen molar-refractivity contribution in [3.05, 3.63) is 0 Å². The molecule has 1 fully saturated rings. The minimum atomic E-state index is -1.88. The topological polar surface area (TPSA) is 90.2 Å². The smallest absolute Gasteiger partial charge is 0.184 e. The second kappa shape index (κ2) is 3.63. The van der Waals surface area contributed by atoms with Crippen LogP contribution in [-0.4, -0.2) is 57.8 Å². The molecular formula is C6H11FO5. The zero-order chi connectivity index (χ0) is 9.30. The van der Waals surface area contributed by atoms with E-state index in [1.807, 2.05) is 0 Å². The van der Waals surface area contributed by atoms with Crippen LogP contribution in [0.25, 0.3) is 0 Å². The summed E-state index contributed by atoms with van der Waals surface area (Å²) in [6, 6.07) is 0. The average Bonchev–Trinajstić information content (AvgIpc) is 2.08.